The number of hydrogen-bond donors (Lipinski definition) is 2. The Morgan fingerprint density at radius 1 is 1.00 bits per heavy atom. The van der Waals surface area contributed by atoms with Gasteiger partial charge in [-0.2, -0.15) is 0 Å². The molecule has 0 aliphatic heterocycles. The van der Waals surface area contributed by atoms with Crippen LogP contribution >= 0.6 is 0 Å². The molecule has 0 bridgehead atoms. The van der Waals surface area contributed by atoms with Crippen molar-refractivity contribution in [3.8, 4) is 0 Å². The molecule has 0 saturated heterocycles. The van der Waals surface area contributed by atoms with Gasteiger partial charge in [-0.3, -0.25) is 4.79 Å². The van der Waals surface area contributed by atoms with Gasteiger partial charge in [0.2, 0.25) is 0 Å². The molecule has 1 rings (SSSR count). The average Bonchev–Trinajstić information content (AvgIpc) is 2.50. The number of nitrogens with one attached hydrogen (secondary N) is 2. The zero-order chi connectivity index (χ0) is 19.1. The maximum atomic E-state index is 12.5. The molecule has 0 fully saturated rings. The van der Waals surface area contributed by atoms with Crippen LogP contribution < -0.4 is 10.6 Å². The molecule has 3 heteroatoms. The molecule has 0 unspecified atom stereocenters. The largest absolute Gasteiger partial charge is 0.385 e. The fourth-order valence-corrected chi connectivity index (χ4v) is 2.51. The Morgan fingerprint density at radius 3 is 2.12 bits per heavy atom. The number of rotatable bonds is 9. The minimum atomic E-state index is -0.0434. The van der Waals surface area contributed by atoms with Crippen LogP contribution in [0.15, 0.2) is 37.1 Å². The normalized spacial score (nSPS) is 11.1. The second-order valence-electron chi connectivity index (χ2n) is 7.78. The lowest BCUT2D eigenvalue weighted by atomic mass is 9.94. The highest BCUT2D eigenvalue weighted by Gasteiger charge is 2.12. The second-order valence-corrected chi connectivity index (χ2v) is 7.78. The molecular formula is C22H34N2O. The van der Waals surface area contributed by atoms with Gasteiger partial charge in [-0.15, -0.1) is 0 Å². The molecule has 1 aromatic rings. The van der Waals surface area contributed by atoms with Gasteiger partial charge in [0.15, 0.2) is 0 Å². The number of carbonyl (C=O) groups is 1. The highest BCUT2D eigenvalue weighted by molar-refractivity contribution is 5.95. The molecule has 3 nitrogen and oxygen atoms in total. The topological polar surface area (TPSA) is 41.1 Å². The smallest absolute Gasteiger partial charge is 0.251 e. The molecule has 1 aromatic carbocycles. The van der Waals surface area contributed by atoms with Gasteiger partial charge in [-0.05, 0) is 67.0 Å². The van der Waals surface area contributed by atoms with E-state index >= 15 is 0 Å². The molecule has 0 aromatic heterocycles. The third-order valence-electron chi connectivity index (χ3n) is 3.95. The van der Waals surface area contributed by atoms with E-state index in [-0.39, 0.29) is 11.9 Å². The van der Waals surface area contributed by atoms with E-state index in [1.54, 1.807) is 0 Å². The molecule has 2 N–H and O–H groups in total. The standard InChI is InChI=1S/C22H34N2O/c1-14(2)9-17(7)20-10-19(13-23-18(8)15(3)4)11-21(12-20)22(25)24-16(5)6/h10-12,14-16,23H,7-9,13H2,1-6H3,(H,24,25). The predicted molar refractivity (Wildman–Crippen MR) is 108 cm³/mol. The third kappa shape index (κ3) is 7.16. The van der Waals surface area contributed by atoms with Crippen LogP contribution in [0.1, 0.15) is 69.4 Å². The van der Waals surface area contributed by atoms with Crippen molar-refractivity contribution in [3.63, 3.8) is 0 Å². The van der Waals surface area contributed by atoms with E-state index in [0.717, 1.165) is 28.8 Å². The molecule has 1 amide bonds. The van der Waals surface area contributed by atoms with Crippen LogP contribution in [0.3, 0.4) is 0 Å². The summed E-state index contributed by atoms with van der Waals surface area (Å²) in [5.74, 6) is 0.865. The summed E-state index contributed by atoms with van der Waals surface area (Å²) in [5, 5.41) is 6.33. The van der Waals surface area contributed by atoms with Crippen molar-refractivity contribution in [2.75, 3.05) is 0 Å². The van der Waals surface area contributed by atoms with E-state index < -0.39 is 0 Å². The lowest BCUT2D eigenvalue weighted by molar-refractivity contribution is 0.0943. The van der Waals surface area contributed by atoms with Crippen molar-refractivity contribution in [3.05, 3.63) is 53.7 Å². The minimum Gasteiger partial charge on any atom is -0.385 e. The molecule has 0 saturated carbocycles. The Bertz CT molecular complexity index is 587. The fourth-order valence-electron chi connectivity index (χ4n) is 2.51. The van der Waals surface area contributed by atoms with E-state index in [1.165, 1.54) is 0 Å². The minimum absolute atomic E-state index is 0.0434. The Labute approximate surface area is 153 Å². The zero-order valence-electron chi connectivity index (χ0n) is 16.7. The summed E-state index contributed by atoms with van der Waals surface area (Å²) >= 11 is 0. The van der Waals surface area contributed by atoms with Crippen LogP contribution in [0.2, 0.25) is 0 Å². The summed E-state index contributed by atoms with van der Waals surface area (Å²) in [6, 6.07) is 6.13. The molecule has 0 radical (unpaired) electrons. The summed E-state index contributed by atoms with van der Waals surface area (Å²) in [4.78, 5) is 12.5. The first-order chi connectivity index (χ1) is 11.6. The molecule has 0 aliphatic rings. The Kier molecular flexibility index (Phi) is 7.95. The van der Waals surface area contributed by atoms with Crippen molar-refractivity contribution in [2.24, 2.45) is 11.8 Å². The average molecular weight is 343 g/mol. The van der Waals surface area contributed by atoms with Crippen LogP contribution in [0, 0.1) is 11.8 Å². The maximum absolute atomic E-state index is 12.5. The van der Waals surface area contributed by atoms with Gasteiger partial charge in [-0.1, -0.05) is 40.9 Å². The summed E-state index contributed by atoms with van der Waals surface area (Å²) in [5.41, 5.74) is 4.86. The number of benzene rings is 1. The summed E-state index contributed by atoms with van der Waals surface area (Å²) < 4.78 is 0. The first kappa shape index (κ1) is 21.0. The van der Waals surface area contributed by atoms with Crippen molar-refractivity contribution in [2.45, 2.75) is 60.5 Å². The van der Waals surface area contributed by atoms with E-state index in [1.807, 2.05) is 26.0 Å². The molecule has 0 spiro atoms. The van der Waals surface area contributed by atoms with E-state index in [9.17, 15) is 4.79 Å². The Morgan fingerprint density at radius 2 is 1.60 bits per heavy atom. The van der Waals surface area contributed by atoms with Gasteiger partial charge in [0, 0.05) is 23.8 Å². The van der Waals surface area contributed by atoms with Crippen LogP contribution in [0.5, 0.6) is 0 Å². The van der Waals surface area contributed by atoms with Crippen molar-refractivity contribution in [1.29, 1.82) is 0 Å². The SMILES string of the molecule is C=C(CC(C)C)c1cc(CNC(=C)C(C)C)cc(C(=O)NC(C)C)c1. The zero-order valence-corrected chi connectivity index (χ0v) is 16.7. The second kappa shape index (κ2) is 9.45. The number of carbonyl (C=O) groups excluding carboxylic acids is 1. The highest BCUT2D eigenvalue weighted by atomic mass is 16.1. The third-order valence-corrected chi connectivity index (χ3v) is 3.95. The van der Waals surface area contributed by atoms with Crippen LogP contribution in [-0.2, 0) is 6.54 Å². The van der Waals surface area contributed by atoms with Gasteiger partial charge < -0.3 is 10.6 Å². The molecule has 0 heterocycles. The molecule has 0 aliphatic carbocycles. The van der Waals surface area contributed by atoms with Crippen molar-refractivity contribution in [1.82, 2.24) is 10.6 Å². The number of allylic oxidation sites excluding steroid dienone is 2. The maximum Gasteiger partial charge on any atom is 0.251 e. The van der Waals surface area contributed by atoms with Gasteiger partial charge in [0.1, 0.15) is 0 Å². The first-order valence-electron chi connectivity index (χ1n) is 9.15. The summed E-state index contributed by atoms with van der Waals surface area (Å²) in [6.07, 6.45) is 0.917. The summed E-state index contributed by atoms with van der Waals surface area (Å²) in [7, 11) is 0. The van der Waals surface area contributed by atoms with Crippen molar-refractivity contribution < 1.29 is 4.79 Å². The van der Waals surface area contributed by atoms with E-state index in [0.29, 0.717) is 23.9 Å². The Balaban J connectivity index is 3.11. The quantitative estimate of drug-likeness (QED) is 0.652. The lowest BCUT2D eigenvalue weighted by Gasteiger charge is -2.16. The lowest BCUT2D eigenvalue weighted by Crippen LogP contribution is -2.30. The summed E-state index contributed by atoms with van der Waals surface area (Å²) in [6.45, 7) is 21.4. The van der Waals surface area contributed by atoms with Gasteiger partial charge in [0.05, 0.1) is 0 Å². The fraction of sp³-hybridized carbons (Fsp3) is 0.500. The van der Waals surface area contributed by atoms with E-state index in [2.05, 4.69) is 57.6 Å². The molecule has 0 atom stereocenters. The Hall–Kier alpha value is -2.03. The number of amides is 1. The van der Waals surface area contributed by atoms with E-state index in [4.69, 9.17) is 0 Å². The van der Waals surface area contributed by atoms with Crippen LogP contribution in [0.25, 0.3) is 5.57 Å². The molecule has 25 heavy (non-hydrogen) atoms. The molecular weight excluding hydrogens is 308 g/mol. The monoisotopic (exact) mass is 342 g/mol. The first-order valence-corrected chi connectivity index (χ1v) is 9.15. The number of hydrogen-bond acceptors (Lipinski definition) is 2. The van der Waals surface area contributed by atoms with Gasteiger partial charge in [0.25, 0.3) is 5.91 Å². The van der Waals surface area contributed by atoms with Crippen LogP contribution in [-0.4, -0.2) is 11.9 Å². The van der Waals surface area contributed by atoms with Gasteiger partial charge >= 0.3 is 0 Å². The van der Waals surface area contributed by atoms with Crippen LogP contribution in [0.4, 0.5) is 0 Å². The van der Waals surface area contributed by atoms with Gasteiger partial charge in [-0.25, -0.2) is 0 Å². The molecule has 138 valence electrons. The highest BCUT2D eigenvalue weighted by Crippen LogP contribution is 2.23. The van der Waals surface area contributed by atoms with Crippen molar-refractivity contribution >= 4 is 11.5 Å². The predicted octanol–water partition coefficient (Wildman–Crippen LogP) is 5.14.